The molecule has 3 aromatic carbocycles. The normalized spacial score (nSPS) is 13.2. The first-order chi connectivity index (χ1) is 17.5. The Kier molecular flexibility index (Phi) is 7.26. The summed E-state index contributed by atoms with van der Waals surface area (Å²) in [4.78, 5) is 18.8. The van der Waals surface area contributed by atoms with E-state index in [0.717, 1.165) is 5.56 Å². The van der Waals surface area contributed by atoms with Crippen molar-refractivity contribution in [1.82, 2.24) is 13.9 Å². The summed E-state index contributed by atoms with van der Waals surface area (Å²) in [6, 6.07) is 20.5. The van der Waals surface area contributed by atoms with E-state index in [1.54, 1.807) is 48.5 Å². The van der Waals surface area contributed by atoms with Crippen molar-refractivity contribution in [3.63, 3.8) is 0 Å². The Balaban J connectivity index is 1.91. The molecule has 37 heavy (non-hydrogen) atoms. The molecule has 0 bridgehead atoms. The second-order valence-electron chi connectivity index (χ2n) is 10.0. The van der Waals surface area contributed by atoms with E-state index in [2.05, 4.69) is 20.8 Å². The fraction of sp³-hybridized carbons (Fsp3) is 0.310. The van der Waals surface area contributed by atoms with Crippen molar-refractivity contribution in [1.29, 1.82) is 0 Å². The van der Waals surface area contributed by atoms with Crippen LogP contribution in [0.3, 0.4) is 0 Å². The van der Waals surface area contributed by atoms with E-state index in [1.165, 1.54) is 23.0 Å². The number of sulfonamides is 1. The maximum atomic E-state index is 13.8. The molecule has 4 rings (SSSR count). The number of rotatable bonds is 7. The van der Waals surface area contributed by atoms with Crippen LogP contribution in [0.2, 0.25) is 0 Å². The van der Waals surface area contributed by atoms with Crippen molar-refractivity contribution < 1.29 is 13.2 Å². The van der Waals surface area contributed by atoms with Gasteiger partial charge in [-0.25, -0.2) is 13.4 Å². The van der Waals surface area contributed by atoms with Gasteiger partial charge in [-0.1, -0.05) is 64.1 Å². The Bertz CT molecular complexity index is 1590. The quantitative estimate of drug-likeness (QED) is 0.324. The van der Waals surface area contributed by atoms with Crippen LogP contribution < -0.4 is 10.3 Å². The first kappa shape index (κ1) is 26.6. The van der Waals surface area contributed by atoms with Gasteiger partial charge >= 0.3 is 0 Å². The molecule has 1 unspecified atom stereocenters. The summed E-state index contributed by atoms with van der Waals surface area (Å²) in [6.45, 7) is 8.13. The second kappa shape index (κ2) is 10.1. The monoisotopic (exact) mass is 519 g/mol. The maximum absolute atomic E-state index is 13.8. The molecule has 7 nitrogen and oxygen atoms in total. The van der Waals surface area contributed by atoms with Gasteiger partial charge < -0.3 is 4.74 Å². The number of ether oxygens (including phenoxy) is 1. The third-order valence-electron chi connectivity index (χ3n) is 6.65. The molecule has 0 amide bonds. The number of fused-ring (bicyclic) bond motifs is 1. The predicted octanol–water partition coefficient (Wildman–Crippen LogP) is 5.46. The SMILES string of the molecule is CCC(c1nc2ccccc2c(=O)n1-c1ccccc1OC)N(C)S(=O)(=O)c1ccc(C(C)(C)C)cc1. The van der Waals surface area contributed by atoms with Gasteiger partial charge in [-0.3, -0.25) is 9.36 Å². The molecule has 1 aromatic heterocycles. The van der Waals surface area contributed by atoms with E-state index >= 15 is 0 Å². The first-order valence-corrected chi connectivity index (χ1v) is 13.7. The summed E-state index contributed by atoms with van der Waals surface area (Å²) < 4.78 is 35.9. The number of hydrogen-bond donors (Lipinski definition) is 0. The minimum absolute atomic E-state index is 0.0973. The van der Waals surface area contributed by atoms with Crippen LogP contribution >= 0.6 is 0 Å². The van der Waals surface area contributed by atoms with Gasteiger partial charge in [0, 0.05) is 7.05 Å². The van der Waals surface area contributed by atoms with Crippen LogP contribution in [-0.4, -0.2) is 36.4 Å². The van der Waals surface area contributed by atoms with Crippen molar-refractivity contribution in [3.8, 4) is 11.4 Å². The Labute approximate surface area is 218 Å². The number of benzene rings is 3. The van der Waals surface area contributed by atoms with Crippen molar-refractivity contribution in [3.05, 3.63) is 94.5 Å². The Morgan fingerprint density at radius 2 is 1.59 bits per heavy atom. The van der Waals surface area contributed by atoms with Crippen molar-refractivity contribution in [2.24, 2.45) is 0 Å². The van der Waals surface area contributed by atoms with Crippen LogP contribution in [0.25, 0.3) is 16.6 Å². The van der Waals surface area contributed by atoms with Gasteiger partial charge in [-0.2, -0.15) is 4.31 Å². The summed E-state index contributed by atoms with van der Waals surface area (Å²) in [5.74, 6) is 0.814. The molecule has 0 saturated heterocycles. The zero-order chi connectivity index (χ0) is 27.0. The molecule has 0 fully saturated rings. The van der Waals surface area contributed by atoms with Gasteiger partial charge in [0.25, 0.3) is 5.56 Å². The molecular weight excluding hydrogens is 486 g/mol. The molecular formula is C29H33N3O4S. The average molecular weight is 520 g/mol. The number of para-hydroxylation sites is 3. The van der Waals surface area contributed by atoms with Crippen LogP contribution in [0.4, 0.5) is 0 Å². The third-order valence-corrected chi connectivity index (χ3v) is 8.53. The van der Waals surface area contributed by atoms with Crippen molar-refractivity contribution in [2.45, 2.75) is 50.5 Å². The topological polar surface area (TPSA) is 81.5 Å². The van der Waals surface area contributed by atoms with Crippen molar-refractivity contribution >= 4 is 20.9 Å². The lowest BCUT2D eigenvalue weighted by atomic mass is 9.87. The van der Waals surface area contributed by atoms with E-state index in [1.807, 2.05) is 31.2 Å². The van der Waals surface area contributed by atoms with E-state index in [0.29, 0.717) is 34.6 Å². The summed E-state index contributed by atoms with van der Waals surface area (Å²) in [6.07, 6.45) is 0.399. The number of nitrogens with zero attached hydrogens (tertiary/aromatic N) is 3. The van der Waals surface area contributed by atoms with E-state index in [-0.39, 0.29) is 15.9 Å². The summed E-state index contributed by atoms with van der Waals surface area (Å²) in [5, 5.41) is 0.440. The standard InChI is InChI=1S/C29H33N3O4S/c1-7-24(31(5)37(34,35)21-18-16-20(17-19-21)29(2,3)4)27-30-23-13-9-8-12-22(23)28(33)32(27)25-14-10-11-15-26(25)36-6/h8-19,24H,7H2,1-6H3. The summed E-state index contributed by atoms with van der Waals surface area (Å²) in [5.41, 5.74) is 1.67. The predicted molar refractivity (Wildman–Crippen MR) is 147 cm³/mol. The molecule has 194 valence electrons. The largest absolute Gasteiger partial charge is 0.495 e. The Morgan fingerprint density at radius 3 is 2.22 bits per heavy atom. The van der Waals surface area contributed by atoms with Crippen LogP contribution in [0.5, 0.6) is 5.75 Å². The van der Waals surface area contributed by atoms with E-state index in [9.17, 15) is 13.2 Å². The highest BCUT2D eigenvalue weighted by Gasteiger charge is 2.32. The van der Waals surface area contributed by atoms with Crippen LogP contribution in [0, 0.1) is 0 Å². The molecule has 1 heterocycles. The second-order valence-corrected chi connectivity index (χ2v) is 12.0. The fourth-order valence-electron chi connectivity index (χ4n) is 4.48. The van der Waals surface area contributed by atoms with E-state index in [4.69, 9.17) is 9.72 Å². The lowest BCUT2D eigenvalue weighted by Gasteiger charge is -2.29. The minimum Gasteiger partial charge on any atom is -0.495 e. The zero-order valence-electron chi connectivity index (χ0n) is 22.1. The Morgan fingerprint density at radius 1 is 0.973 bits per heavy atom. The third kappa shape index (κ3) is 4.91. The highest BCUT2D eigenvalue weighted by atomic mass is 32.2. The fourth-order valence-corrected chi connectivity index (χ4v) is 5.87. The molecule has 0 aliphatic carbocycles. The first-order valence-electron chi connectivity index (χ1n) is 12.2. The summed E-state index contributed by atoms with van der Waals surface area (Å²) >= 11 is 0. The number of aromatic nitrogens is 2. The minimum atomic E-state index is -3.89. The molecule has 0 spiro atoms. The van der Waals surface area contributed by atoms with Gasteiger partial charge in [-0.15, -0.1) is 0 Å². The molecule has 0 radical (unpaired) electrons. The molecule has 0 aliphatic rings. The summed E-state index contributed by atoms with van der Waals surface area (Å²) in [7, 11) is -0.823. The van der Waals surface area contributed by atoms with Crippen LogP contribution in [0.15, 0.2) is 82.5 Å². The maximum Gasteiger partial charge on any atom is 0.266 e. The van der Waals surface area contributed by atoms with E-state index < -0.39 is 16.1 Å². The van der Waals surface area contributed by atoms with Crippen molar-refractivity contribution in [2.75, 3.05) is 14.2 Å². The smallest absolute Gasteiger partial charge is 0.266 e. The van der Waals surface area contributed by atoms with Gasteiger partial charge in [0.1, 0.15) is 11.6 Å². The molecule has 0 aliphatic heterocycles. The zero-order valence-corrected chi connectivity index (χ0v) is 22.9. The molecule has 0 saturated carbocycles. The van der Waals surface area contributed by atoms with Gasteiger partial charge in [0.15, 0.2) is 0 Å². The lowest BCUT2D eigenvalue weighted by molar-refractivity contribution is 0.346. The highest BCUT2D eigenvalue weighted by Crippen LogP contribution is 2.32. The average Bonchev–Trinajstić information content (AvgIpc) is 2.89. The molecule has 4 aromatic rings. The lowest BCUT2D eigenvalue weighted by Crippen LogP contribution is -2.36. The molecule has 1 atom stereocenters. The van der Waals surface area contributed by atoms with Gasteiger partial charge in [0.2, 0.25) is 10.0 Å². The number of hydrogen-bond acceptors (Lipinski definition) is 5. The van der Waals surface area contributed by atoms with Crippen LogP contribution in [-0.2, 0) is 15.4 Å². The van der Waals surface area contributed by atoms with Gasteiger partial charge in [0.05, 0.1) is 34.6 Å². The molecule has 8 heteroatoms. The van der Waals surface area contributed by atoms with Gasteiger partial charge in [-0.05, 0) is 53.8 Å². The Hall–Kier alpha value is -3.49. The highest BCUT2D eigenvalue weighted by molar-refractivity contribution is 7.89. The van der Waals surface area contributed by atoms with Crippen LogP contribution in [0.1, 0.15) is 51.5 Å². The molecule has 0 N–H and O–H groups in total. The number of methoxy groups -OCH3 is 1.